The fourth-order valence-corrected chi connectivity index (χ4v) is 6.04. The van der Waals surface area contributed by atoms with E-state index in [0.717, 1.165) is 10.6 Å². The van der Waals surface area contributed by atoms with E-state index in [1.807, 2.05) is 13.8 Å². The molecule has 0 aliphatic carbocycles. The molecule has 3 aromatic heterocycles. The van der Waals surface area contributed by atoms with Gasteiger partial charge in [-0.15, -0.1) is 0 Å². The van der Waals surface area contributed by atoms with Crippen LogP contribution in [0, 0.1) is 18.6 Å². The van der Waals surface area contributed by atoms with Gasteiger partial charge in [0.05, 0.1) is 40.2 Å². The summed E-state index contributed by atoms with van der Waals surface area (Å²) in [6.07, 6.45) is 4.56. The zero-order valence-electron chi connectivity index (χ0n) is 24.3. The highest BCUT2D eigenvalue weighted by Crippen LogP contribution is 2.41. The molecule has 4 aromatic rings. The van der Waals surface area contributed by atoms with Crippen LogP contribution in [0.1, 0.15) is 36.7 Å². The first-order valence-corrected chi connectivity index (χ1v) is 14.2. The number of hydrogen-bond donors (Lipinski definition) is 2. The highest BCUT2D eigenvalue weighted by molar-refractivity contribution is 6.00. The van der Waals surface area contributed by atoms with Gasteiger partial charge < -0.3 is 20.0 Å². The largest absolute Gasteiger partial charge is 0.507 e. The van der Waals surface area contributed by atoms with Crippen molar-refractivity contribution in [2.24, 2.45) is 0 Å². The van der Waals surface area contributed by atoms with E-state index in [2.05, 4.69) is 21.5 Å². The number of amides is 1. The molecule has 2 atom stereocenters. The van der Waals surface area contributed by atoms with Crippen molar-refractivity contribution in [2.75, 3.05) is 24.5 Å². The van der Waals surface area contributed by atoms with Gasteiger partial charge in [0.25, 0.3) is 0 Å². The second-order valence-electron chi connectivity index (χ2n) is 11.2. The van der Waals surface area contributed by atoms with Crippen LogP contribution in [0.5, 0.6) is 5.75 Å². The summed E-state index contributed by atoms with van der Waals surface area (Å²) in [5.74, 6) is -2.91. The lowest BCUT2D eigenvalue weighted by atomic mass is 9.98. The molecule has 1 fully saturated rings. The molecule has 1 amide bonds. The molecular formula is C32H30F2N6O4. The first-order chi connectivity index (χ1) is 21.0. The van der Waals surface area contributed by atoms with E-state index in [1.165, 1.54) is 35.3 Å². The van der Waals surface area contributed by atoms with E-state index in [4.69, 9.17) is 0 Å². The highest BCUT2D eigenvalue weighted by atomic mass is 19.1. The van der Waals surface area contributed by atoms with E-state index in [9.17, 15) is 19.8 Å². The number of carbonyl (C=O) groups excluding carboxylic acids is 1. The molecule has 2 aliphatic heterocycles. The lowest BCUT2D eigenvalue weighted by molar-refractivity contribution is -0.127. The zero-order valence-corrected chi connectivity index (χ0v) is 24.3. The number of aliphatic hydroxyl groups excluding tert-OH is 1. The van der Waals surface area contributed by atoms with Crippen LogP contribution in [0.4, 0.5) is 14.6 Å². The average Bonchev–Trinajstić information content (AvgIpc) is 2.99. The summed E-state index contributed by atoms with van der Waals surface area (Å²) in [5, 5.41) is 22.0. The summed E-state index contributed by atoms with van der Waals surface area (Å²) in [4.78, 5) is 43.2. The van der Waals surface area contributed by atoms with Crippen LogP contribution in [0.3, 0.4) is 0 Å². The molecule has 44 heavy (non-hydrogen) atoms. The Kier molecular flexibility index (Phi) is 7.24. The van der Waals surface area contributed by atoms with Gasteiger partial charge in [0, 0.05) is 25.8 Å². The Morgan fingerprint density at radius 3 is 2.66 bits per heavy atom. The molecule has 1 aromatic carbocycles. The fourth-order valence-electron chi connectivity index (χ4n) is 6.04. The summed E-state index contributed by atoms with van der Waals surface area (Å²) in [5.41, 5.74) is -0.472. The summed E-state index contributed by atoms with van der Waals surface area (Å²) in [6, 6.07) is 4.54. The van der Waals surface area contributed by atoms with E-state index in [1.54, 1.807) is 24.1 Å². The number of aromatic hydroxyl groups is 1. The Hall–Kier alpha value is -4.97. The summed E-state index contributed by atoms with van der Waals surface area (Å²) in [7, 11) is 0. The Bertz CT molecular complexity index is 1920. The number of carbonyl (C=O) groups is 1. The number of phenolic OH excluding ortho intramolecular Hbond substituents is 1. The standard InChI is InChI=1S/C32H30F2N6O4/c1-5-23(43)38-13-14-39-20(15-38)21(41)10-9-19-25-30(26(34)28(36-19)24-18(33)7-6-8-22(24)42)40(32(44)37-31(25)39)29-17(4)11-12-35-27(29)16(2)3/h5-12,16,20-21,41-42H,1,13-15H2,2-4H3/b10-9-. The molecule has 2 unspecified atom stereocenters. The van der Waals surface area contributed by atoms with Crippen LogP contribution in [0.2, 0.25) is 0 Å². The number of halogens is 2. The Morgan fingerprint density at radius 2 is 1.95 bits per heavy atom. The smallest absolute Gasteiger partial charge is 0.354 e. The number of aromatic nitrogens is 4. The average molecular weight is 601 g/mol. The number of nitrogens with zero attached hydrogens (tertiary/aromatic N) is 6. The third-order valence-electron chi connectivity index (χ3n) is 8.16. The molecule has 2 aliphatic rings. The van der Waals surface area contributed by atoms with Crippen molar-refractivity contribution in [1.82, 2.24) is 24.4 Å². The molecule has 2 N–H and O–H groups in total. The Balaban J connectivity index is 1.76. The number of hydrogen-bond acceptors (Lipinski definition) is 8. The SMILES string of the molecule is C=CC(=O)N1CCN2c3nc(=O)n(-c4c(C)ccnc4C(C)C)c4c(F)c(-c5c(O)cccc5F)nc(c34)/C=C\C(O)C2C1. The van der Waals surface area contributed by atoms with Gasteiger partial charge in [0.15, 0.2) is 5.82 Å². The molecule has 1 saturated heterocycles. The molecule has 0 radical (unpaired) electrons. The topological polar surface area (TPSA) is 125 Å². The van der Waals surface area contributed by atoms with Gasteiger partial charge in [-0.3, -0.25) is 14.3 Å². The minimum Gasteiger partial charge on any atom is -0.507 e. The number of aryl methyl sites for hydroxylation is 1. The number of phenols is 1. The van der Waals surface area contributed by atoms with E-state index >= 15 is 8.78 Å². The zero-order chi connectivity index (χ0) is 31.4. The van der Waals surface area contributed by atoms with Gasteiger partial charge >= 0.3 is 5.69 Å². The van der Waals surface area contributed by atoms with Crippen LogP contribution in [0.25, 0.3) is 33.9 Å². The minimum absolute atomic E-state index is 0.0682. The van der Waals surface area contributed by atoms with E-state index in [0.29, 0.717) is 16.9 Å². The van der Waals surface area contributed by atoms with Crippen molar-refractivity contribution < 1.29 is 23.8 Å². The molecule has 226 valence electrons. The lowest BCUT2D eigenvalue weighted by Crippen LogP contribution is -2.59. The Labute approximate surface area is 251 Å². The van der Waals surface area contributed by atoms with Gasteiger partial charge in [-0.25, -0.2) is 18.6 Å². The second kappa shape index (κ2) is 10.9. The van der Waals surface area contributed by atoms with Crippen molar-refractivity contribution in [3.8, 4) is 22.7 Å². The molecular weight excluding hydrogens is 570 g/mol. The van der Waals surface area contributed by atoms with Crippen LogP contribution >= 0.6 is 0 Å². The van der Waals surface area contributed by atoms with Gasteiger partial charge in [-0.2, -0.15) is 4.98 Å². The van der Waals surface area contributed by atoms with Crippen LogP contribution in [0.15, 0.2) is 54.0 Å². The fraction of sp³-hybridized carbons (Fsp3) is 0.281. The summed E-state index contributed by atoms with van der Waals surface area (Å²) >= 11 is 0. The van der Waals surface area contributed by atoms with Crippen LogP contribution in [-0.2, 0) is 4.79 Å². The number of pyridine rings is 2. The Morgan fingerprint density at radius 1 is 1.18 bits per heavy atom. The molecule has 5 heterocycles. The van der Waals surface area contributed by atoms with Crippen molar-refractivity contribution in [2.45, 2.75) is 38.8 Å². The minimum atomic E-state index is -1.15. The maximum Gasteiger partial charge on any atom is 0.354 e. The summed E-state index contributed by atoms with van der Waals surface area (Å²) in [6.45, 7) is 9.59. The maximum atomic E-state index is 17.1. The number of aliphatic hydroxyl groups is 1. The third-order valence-corrected chi connectivity index (χ3v) is 8.16. The van der Waals surface area contributed by atoms with Crippen molar-refractivity contribution >= 4 is 28.7 Å². The van der Waals surface area contributed by atoms with Crippen molar-refractivity contribution in [1.29, 1.82) is 0 Å². The van der Waals surface area contributed by atoms with Gasteiger partial charge in [0.1, 0.15) is 28.6 Å². The van der Waals surface area contributed by atoms with Crippen LogP contribution in [-0.4, -0.2) is 72.3 Å². The number of anilines is 1. The molecule has 0 saturated carbocycles. The van der Waals surface area contributed by atoms with Gasteiger partial charge in [-0.05, 0) is 48.8 Å². The van der Waals surface area contributed by atoms with Crippen LogP contribution < -0.4 is 10.6 Å². The maximum absolute atomic E-state index is 17.1. The molecule has 6 rings (SSSR count). The quantitative estimate of drug-likeness (QED) is 0.339. The molecule has 0 spiro atoms. The lowest BCUT2D eigenvalue weighted by Gasteiger charge is -2.44. The number of rotatable bonds is 4. The second-order valence-corrected chi connectivity index (χ2v) is 11.2. The van der Waals surface area contributed by atoms with Gasteiger partial charge in [0.2, 0.25) is 5.91 Å². The van der Waals surface area contributed by atoms with Crippen molar-refractivity contribution in [3.63, 3.8) is 0 Å². The molecule has 10 nitrogen and oxygen atoms in total. The number of benzene rings is 1. The molecule has 0 bridgehead atoms. The highest BCUT2D eigenvalue weighted by Gasteiger charge is 2.38. The number of fused-ring (bicyclic) bond motifs is 2. The first kappa shape index (κ1) is 29.1. The summed E-state index contributed by atoms with van der Waals surface area (Å²) < 4.78 is 33.4. The first-order valence-electron chi connectivity index (χ1n) is 14.2. The normalized spacial score (nSPS) is 18.6. The van der Waals surface area contributed by atoms with Gasteiger partial charge in [-0.1, -0.05) is 32.6 Å². The predicted octanol–water partition coefficient (Wildman–Crippen LogP) is 3.85. The molecule has 12 heteroatoms. The van der Waals surface area contributed by atoms with Crippen molar-refractivity contribution in [3.05, 3.63) is 88.3 Å². The monoisotopic (exact) mass is 600 g/mol. The number of piperazine rings is 1. The van der Waals surface area contributed by atoms with E-state index < -0.39 is 46.5 Å². The predicted molar refractivity (Wildman–Crippen MR) is 162 cm³/mol. The third kappa shape index (κ3) is 4.53. The van der Waals surface area contributed by atoms with E-state index in [-0.39, 0.29) is 53.9 Å².